The Morgan fingerprint density at radius 1 is 1.24 bits per heavy atom. The Hall–Kier alpha value is -3.47. The quantitative estimate of drug-likeness (QED) is 0.602. The van der Waals surface area contributed by atoms with E-state index < -0.39 is 10.0 Å². The third kappa shape index (κ3) is 5.14. The molecule has 4 rings (SSSR count). The Bertz CT molecular complexity index is 1300. The molecule has 0 fully saturated rings. The van der Waals surface area contributed by atoms with Gasteiger partial charge in [-0.05, 0) is 37.5 Å². The van der Waals surface area contributed by atoms with Crippen molar-refractivity contribution in [2.45, 2.75) is 38.1 Å². The highest BCUT2D eigenvalue weighted by Crippen LogP contribution is 2.26. The highest BCUT2D eigenvalue weighted by molar-refractivity contribution is 7.92. The smallest absolute Gasteiger partial charge is 0.264 e. The molecule has 0 spiro atoms. The van der Waals surface area contributed by atoms with E-state index in [0.29, 0.717) is 18.0 Å². The average Bonchev–Trinajstić information content (AvgIpc) is 3.08. The summed E-state index contributed by atoms with van der Waals surface area (Å²) in [5.74, 6) is -0.00690. The first-order valence-electron chi connectivity index (χ1n) is 10.6. The lowest BCUT2D eigenvalue weighted by Gasteiger charge is -2.21. The van der Waals surface area contributed by atoms with Gasteiger partial charge in [-0.1, -0.05) is 19.9 Å². The first kappa shape index (κ1) is 22.7. The van der Waals surface area contributed by atoms with Gasteiger partial charge in [0.15, 0.2) is 0 Å². The molecule has 0 saturated heterocycles. The minimum Gasteiger partial charge on any atom is -0.475 e. The Morgan fingerprint density at radius 2 is 2.03 bits per heavy atom. The number of aryl methyl sites for hydroxylation is 2. The normalized spacial score (nSPS) is 17.7. The largest absolute Gasteiger partial charge is 0.475 e. The molecule has 3 heterocycles. The molecule has 1 atom stereocenters. The van der Waals surface area contributed by atoms with E-state index in [1.54, 1.807) is 30.1 Å². The summed E-state index contributed by atoms with van der Waals surface area (Å²) in [5.41, 5.74) is 2.16. The molecular formula is C22H26N6O4S. The third-order valence-electron chi connectivity index (χ3n) is 5.15. The van der Waals surface area contributed by atoms with E-state index in [4.69, 9.17) is 4.74 Å². The molecule has 0 radical (unpaired) electrons. The maximum atomic E-state index is 13.0. The number of nitrogens with zero attached hydrogens (tertiary/aromatic N) is 4. The van der Waals surface area contributed by atoms with E-state index in [9.17, 15) is 13.2 Å². The van der Waals surface area contributed by atoms with Gasteiger partial charge in [0.2, 0.25) is 11.8 Å². The van der Waals surface area contributed by atoms with Crippen LogP contribution in [0.2, 0.25) is 0 Å². The van der Waals surface area contributed by atoms with Gasteiger partial charge in [0, 0.05) is 30.4 Å². The molecule has 0 saturated carbocycles. The second kappa shape index (κ2) is 8.81. The maximum absolute atomic E-state index is 13.0. The molecule has 0 aliphatic carbocycles. The predicted octanol–water partition coefficient (Wildman–Crippen LogP) is 2.52. The standard InChI is InChI=1S/C22H26N6O4S/c1-13(2)8-16-12-32-20-10-19(18-11-28(4)26-14(18)3)24-22(25-20)27-33(30,31)17-7-5-6-15(9-17)21(29)23-16/h5-7,9-11,13,16H,8,12H2,1-4H3,(H,23,29)(H,24,25,27)/t16-/m1/s1. The monoisotopic (exact) mass is 470 g/mol. The molecule has 2 N–H and O–H groups in total. The van der Waals surface area contributed by atoms with Crippen LogP contribution in [0.4, 0.5) is 5.95 Å². The van der Waals surface area contributed by atoms with Crippen LogP contribution in [0.3, 0.4) is 0 Å². The zero-order valence-electron chi connectivity index (χ0n) is 18.9. The molecular weight excluding hydrogens is 444 g/mol. The Labute approximate surface area is 192 Å². The zero-order valence-corrected chi connectivity index (χ0v) is 19.7. The van der Waals surface area contributed by atoms with Crippen molar-refractivity contribution in [2.24, 2.45) is 13.0 Å². The van der Waals surface area contributed by atoms with Crippen LogP contribution in [-0.2, 0) is 17.1 Å². The second-order valence-corrected chi connectivity index (χ2v) is 10.1. The number of benzene rings is 1. The summed E-state index contributed by atoms with van der Waals surface area (Å²) < 4.78 is 36.1. The summed E-state index contributed by atoms with van der Waals surface area (Å²) in [5, 5.41) is 7.29. The number of hydrogen-bond acceptors (Lipinski definition) is 7. The van der Waals surface area contributed by atoms with E-state index in [2.05, 4.69) is 39.0 Å². The molecule has 3 aromatic rings. The molecule has 33 heavy (non-hydrogen) atoms. The van der Waals surface area contributed by atoms with Gasteiger partial charge >= 0.3 is 0 Å². The Balaban J connectivity index is 1.83. The Morgan fingerprint density at radius 3 is 2.73 bits per heavy atom. The SMILES string of the molecule is Cc1nn(C)cc1-c1cc2nc(n1)NS(=O)(=O)c1cccc(c1)C(=O)N[C@H](CC(C)C)CO2. The first-order valence-corrected chi connectivity index (χ1v) is 12.1. The topological polar surface area (TPSA) is 128 Å². The van der Waals surface area contributed by atoms with Gasteiger partial charge in [0.1, 0.15) is 6.61 Å². The van der Waals surface area contributed by atoms with Crippen molar-refractivity contribution in [3.05, 3.63) is 47.8 Å². The summed E-state index contributed by atoms with van der Waals surface area (Å²) >= 11 is 0. The lowest BCUT2D eigenvalue weighted by Crippen LogP contribution is -2.40. The van der Waals surface area contributed by atoms with Crippen molar-refractivity contribution in [1.29, 1.82) is 0 Å². The van der Waals surface area contributed by atoms with Gasteiger partial charge in [0.05, 0.1) is 22.3 Å². The van der Waals surface area contributed by atoms with E-state index >= 15 is 0 Å². The molecule has 1 aromatic carbocycles. The van der Waals surface area contributed by atoms with Crippen LogP contribution in [0, 0.1) is 12.8 Å². The van der Waals surface area contributed by atoms with Crippen molar-refractivity contribution >= 4 is 21.9 Å². The number of nitrogens with one attached hydrogen (secondary N) is 2. The molecule has 2 aromatic heterocycles. The maximum Gasteiger partial charge on any atom is 0.264 e. The average molecular weight is 471 g/mol. The van der Waals surface area contributed by atoms with Gasteiger partial charge in [-0.15, -0.1) is 0 Å². The number of carbonyl (C=O) groups excluding carboxylic acids is 1. The second-order valence-electron chi connectivity index (χ2n) is 8.46. The minimum absolute atomic E-state index is 0.0659. The number of ether oxygens (including phenoxy) is 1. The third-order valence-corrected chi connectivity index (χ3v) is 6.47. The van der Waals surface area contributed by atoms with Crippen molar-refractivity contribution in [3.8, 4) is 17.1 Å². The predicted molar refractivity (Wildman–Crippen MR) is 122 cm³/mol. The van der Waals surface area contributed by atoms with Crippen LogP contribution in [0.5, 0.6) is 5.88 Å². The van der Waals surface area contributed by atoms with E-state index in [-0.39, 0.29) is 40.8 Å². The first-order chi connectivity index (χ1) is 15.6. The van der Waals surface area contributed by atoms with Crippen molar-refractivity contribution < 1.29 is 17.9 Å². The van der Waals surface area contributed by atoms with Crippen molar-refractivity contribution in [1.82, 2.24) is 25.1 Å². The molecule has 174 valence electrons. The molecule has 11 heteroatoms. The van der Waals surface area contributed by atoms with Crippen molar-refractivity contribution in [3.63, 3.8) is 0 Å². The number of sulfonamides is 1. The van der Waals surface area contributed by atoms with Crippen LogP contribution >= 0.6 is 0 Å². The number of anilines is 1. The molecule has 1 aliphatic rings. The summed E-state index contributed by atoms with van der Waals surface area (Å²) in [6.45, 7) is 6.11. The lowest BCUT2D eigenvalue weighted by molar-refractivity contribution is 0.0913. The molecule has 1 aliphatic heterocycles. The van der Waals surface area contributed by atoms with E-state index in [1.165, 1.54) is 18.2 Å². The van der Waals surface area contributed by atoms with Crippen molar-refractivity contribution in [2.75, 3.05) is 11.3 Å². The van der Waals surface area contributed by atoms with Gasteiger partial charge in [-0.25, -0.2) is 18.1 Å². The van der Waals surface area contributed by atoms with Gasteiger partial charge in [0.25, 0.3) is 15.9 Å². The van der Waals surface area contributed by atoms with E-state index in [0.717, 1.165) is 11.3 Å². The fourth-order valence-electron chi connectivity index (χ4n) is 3.71. The van der Waals surface area contributed by atoms with Crippen LogP contribution in [0.25, 0.3) is 11.3 Å². The zero-order chi connectivity index (χ0) is 23.8. The van der Waals surface area contributed by atoms with Crippen LogP contribution in [0.1, 0.15) is 36.3 Å². The number of aromatic nitrogens is 4. The number of carbonyl (C=O) groups is 1. The van der Waals surface area contributed by atoms with Gasteiger partial charge in [-0.2, -0.15) is 10.1 Å². The van der Waals surface area contributed by atoms with Gasteiger partial charge in [-0.3, -0.25) is 9.48 Å². The lowest BCUT2D eigenvalue weighted by atomic mass is 10.0. The number of fused-ring (bicyclic) bond motifs is 4. The van der Waals surface area contributed by atoms with Crippen LogP contribution in [0.15, 0.2) is 41.4 Å². The fraction of sp³-hybridized carbons (Fsp3) is 0.364. The summed E-state index contributed by atoms with van der Waals surface area (Å²) in [6, 6.07) is 7.18. The summed E-state index contributed by atoms with van der Waals surface area (Å²) in [4.78, 5) is 21.4. The van der Waals surface area contributed by atoms with Gasteiger partial charge < -0.3 is 10.1 Å². The minimum atomic E-state index is -4.05. The molecule has 1 amide bonds. The molecule has 0 unspecified atom stereocenters. The fourth-order valence-corrected chi connectivity index (χ4v) is 4.70. The van der Waals surface area contributed by atoms with Crippen LogP contribution in [-0.4, -0.2) is 46.7 Å². The highest BCUT2D eigenvalue weighted by atomic mass is 32.2. The van der Waals surface area contributed by atoms with E-state index in [1.807, 2.05) is 6.92 Å². The van der Waals surface area contributed by atoms with Crippen LogP contribution < -0.4 is 14.8 Å². The molecule has 10 nitrogen and oxygen atoms in total. The summed E-state index contributed by atoms with van der Waals surface area (Å²) in [7, 11) is -2.26. The number of hydrogen-bond donors (Lipinski definition) is 2. The molecule has 4 bridgehead atoms. The summed E-state index contributed by atoms with van der Waals surface area (Å²) in [6.07, 6.45) is 2.47. The number of rotatable bonds is 3. The highest BCUT2D eigenvalue weighted by Gasteiger charge is 2.23. The Kier molecular flexibility index (Phi) is 6.07. The number of amides is 1.